The number of hydrogen-bond acceptors (Lipinski definition) is 0. The molecule has 2 heteroatoms. The molecule has 0 aromatic heterocycles. The average Bonchev–Trinajstić information content (AvgIpc) is 2.32. The van der Waals surface area contributed by atoms with E-state index in [-0.39, 0.29) is 0 Å². The zero-order chi connectivity index (χ0) is 17.0. The van der Waals surface area contributed by atoms with E-state index in [0.717, 1.165) is 0 Å². The molecule has 21 heavy (non-hydrogen) atoms. The van der Waals surface area contributed by atoms with Crippen molar-refractivity contribution in [2.75, 3.05) is 0 Å². The van der Waals surface area contributed by atoms with E-state index in [1.807, 2.05) is 0 Å². The summed E-state index contributed by atoms with van der Waals surface area (Å²) in [5.41, 5.74) is 13.9. The zero-order valence-electron chi connectivity index (χ0n) is 16.0. The first-order chi connectivity index (χ1) is 9.48. The summed E-state index contributed by atoms with van der Waals surface area (Å²) in [7, 11) is -3.64. The largest absolute Gasteiger partial charge is 0.220 e. The van der Waals surface area contributed by atoms with Crippen molar-refractivity contribution in [3.05, 3.63) is 0 Å². The molecular weight excluding hydrogens is 284 g/mol. The molecule has 0 unspecified atom stereocenters. The summed E-state index contributed by atoms with van der Waals surface area (Å²) in [6.45, 7) is 23.3. The van der Waals surface area contributed by atoms with Gasteiger partial charge in [-0.1, -0.05) is 69.2 Å². The average molecular weight is 321 g/mol. The van der Waals surface area contributed by atoms with E-state index in [9.17, 15) is 0 Å². The van der Waals surface area contributed by atoms with Crippen LogP contribution in [0.2, 0.25) is 27.7 Å². The Labute approximate surface area is 136 Å². The molecule has 0 atom stereocenters. The molecule has 0 radical (unpaired) electrons. The lowest BCUT2D eigenvalue weighted by atomic mass is 10.5. The molecule has 0 fully saturated rings. The van der Waals surface area contributed by atoms with Gasteiger partial charge < -0.3 is 0 Å². The van der Waals surface area contributed by atoms with Crippen LogP contribution in [0.15, 0.2) is 0 Å². The molecule has 0 aliphatic carbocycles. The minimum atomic E-state index is -1.97. The molecule has 0 saturated heterocycles. The molecule has 0 amide bonds. The van der Waals surface area contributed by atoms with Gasteiger partial charge in [0.15, 0.2) is 0 Å². The fourth-order valence-corrected chi connectivity index (χ4v) is 13.2. The summed E-state index contributed by atoms with van der Waals surface area (Å²) in [5, 5.41) is 0. The number of hydrogen-bond donors (Lipinski definition) is 0. The fraction of sp³-hybridized carbons (Fsp3) is 0.789. The first kappa shape index (κ1) is 20.6. The normalized spacial score (nSPS) is 13.0. The topological polar surface area (TPSA) is 0 Å². The van der Waals surface area contributed by atoms with Crippen LogP contribution in [0, 0.1) is 23.1 Å². The molecule has 0 bridgehead atoms. The molecule has 0 saturated carbocycles. The van der Waals surface area contributed by atoms with Gasteiger partial charge in [-0.2, -0.15) is 0 Å². The minimum absolute atomic E-state index is 0.521. The maximum atomic E-state index is 5.99. The molecule has 0 aromatic carbocycles. The lowest BCUT2D eigenvalue weighted by Crippen LogP contribution is -2.45. The van der Waals surface area contributed by atoms with Gasteiger partial charge in [0.05, 0.1) is 0 Å². The Bertz CT molecular complexity index is 395. The second kappa shape index (κ2) is 7.71. The highest BCUT2D eigenvalue weighted by Gasteiger charge is 2.43. The SMILES string of the molecule is C#C[Si](C#C[Si](C(C)C)(C(C)C)C(C)C)(C(C)C)C(C)C. The summed E-state index contributed by atoms with van der Waals surface area (Å²) in [4.78, 5) is 0. The Morgan fingerprint density at radius 1 is 0.571 bits per heavy atom. The van der Waals surface area contributed by atoms with Crippen molar-refractivity contribution in [2.45, 2.75) is 96.9 Å². The first-order valence-corrected chi connectivity index (χ1v) is 12.9. The highest BCUT2D eigenvalue weighted by molar-refractivity contribution is 6.99. The maximum absolute atomic E-state index is 5.99. The van der Waals surface area contributed by atoms with Crippen LogP contribution in [-0.4, -0.2) is 16.1 Å². The van der Waals surface area contributed by atoms with Gasteiger partial charge in [0.1, 0.15) is 8.07 Å². The highest BCUT2D eigenvalue weighted by Crippen LogP contribution is 2.41. The van der Waals surface area contributed by atoms with E-state index in [1.54, 1.807) is 0 Å². The van der Waals surface area contributed by atoms with Gasteiger partial charge in [-0.25, -0.2) is 0 Å². The van der Waals surface area contributed by atoms with E-state index in [4.69, 9.17) is 6.42 Å². The summed E-state index contributed by atoms with van der Waals surface area (Å²) in [6.07, 6.45) is 5.99. The van der Waals surface area contributed by atoms with Crippen molar-refractivity contribution in [3.63, 3.8) is 0 Å². The Morgan fingerprint density at radius 3 is 1.10 bits per heavy atom. The second-order valence-electron chi connectivity index (χ2n) is 7.97. The number of rotatable bonds is 5. The van der Waals surface area contributed by atoms with Gasteiger partial charge in [-0.15, -0.1) is 23.1 Å². The van der Waals surface area contributed by atoms with Gasteiger partial charge in [0.25, 0.3) is 0 Å². The fourth-order valence-electron chi connectivity index (χ4n) is 3.97. The van der Waals surface area contributed by atoms with Crippen molar-refractivity contribution >= 4 is 16.1 Å². The molecule has 0 aliphatic rings. The Balaban J connectivity index is 6.15. The lowest BCUT2D eigenvalue weighted by Gasteiger charge is -2.39. The first-order valence-electron chi connectivity index (χ1n) is 8.51. The second-order valence-corrected chi connectivity index (χ2v) is 18.1. The summed E-state index contributed by atoms with van der Waals surface area (Å²) in [6, 6.07) is 0. The standard InChI is InChI=1S/C19H36Si2/c1-12-20(15(2)3,16(4)5)13-14-21(17(6)7,18(8)9)19(10)11/h1,15-19H,2-11H3. The third kappa shape index (κ3) is 3.85. The minimum Gasteiger partial charge on any atom is -0.136 e. The van der Waals surface area contributed by atoms with Crippen LogP contribution in [-0.2, 0) is 0 Å². The third-order valence-corrected chi connectivity index (χ3v) is 16.6. The van der Waals surface area contributed by atoms with Crippen molar-refractivity contribution in [2.24, 2.45) is 0 Å². The third-order valence-electron chi connectivity index (χ3n) is 5.41. The van der Waals surface area contributed by atoms with E-state index in [2.05, 4.69) is 85.9 Å². The molecular formula is C19H36Si2. The van der Waals surface area contributed by atoms with Crippen molar-refractivity contribution in [1.82, 2.24) is 0 Å². The van der Waals surface area contributed by atoms with Crippen LogP contribution < -0.4 is 0 Å². The van der Waals surface area contributed by atoms with Crippen molar-refractivity contribution in [3.8, 4) is 23.1 Å². The molecule has 0 nitrogen and oxygen atoms in total. The molecule has 0 rings (SSSR count). The van der Waals surface area contributed by atoms with E-state index >= 15 is 0 Å². The van der Waals surface area contributed by atoms with Crippen LogP contribution in [0.1, 0.15) is 69.2 Å². The van der Waals surface area contributed by atoms with E-state index in [1.165, 1.54) is 0 Å². The van der Waals surface area contributed by atoms with Gasteiger partial charge in [0.2, 0.25) is 8.07 Å². The van der Waals surface area contributed by atoms with Crippen LogP contribution in [0.3, 0.4) is 0 Å². The van der Waals surface area contributed by atoms with E-state index in [0.29, 0.717) is 27.7 Å². The van der Waals surface area contributed by atoms with E-state index < -0.39 is 16.1 Å². The predicted octanol–water partition coefficient (Wildman–Crippen LogP) is 6.19. The van der Waals surface area contributed by atoms with Crippen LogP contribution in [0.5, 0.6) is 0 Å². The van der Waals surface area contributed by atoms with Gasteiger partial charge in [-0.05, 0) is 27.7 Å². The Morgan fingerprint density at radius 2 is 0.905 bits per heavy atom. The summed E-state index contributed by atoms with van der Waals surface area (Å²) in [5.74, 6) is 0. The monoisotopic (exact) mass is 320 g/mol. The maximum Gasteiger partial charge on any atom is 0.220 e. The quantitative estimate of drug-likeness (QED) is 0.418. The molecule has 0 N–H and O–H groups in total. The van der Waals surface area contributed by atoms with Crippen LogP contribution in [0.25, 0.3) is 0 Å². The van der Waals surface area contributed by atoms with Gasteiger partial charge >= 0.3 is 0 Å². The summed E-state index contributed by atoms with van der Waals surface area (Å²) < 4.78 is 0. The zero-order valence-corrected chi connectivity index (χ0v) is 18.0. The Kier molecular flexibility index (Phi) is 7.54. The lowest BCUT2D eigenvalue weighted by molar-refractivity contribution is 0.838. The molecule has 0 aliphatic heterocycles. The van der Waals surface area contributed by atoms with Crippen molar-refractivity contribution in [1.29, 1.82) is 0 Å². The highest BCUT2D eigenvalue weighted by atomic mass is 28.3. The van der Waals surface area contributed by atoms with Gasteiger partial charge in [0, 0.05) is 0 Å². The summed E-state index contributed by atoms with van der Waals surface area (Å²) >= 11 is 0. The van der Waals surface area contributed by atoms with Crippen LogP contribution >= 0.6 is 0 Å². The van der Waals surface area contributed by atoms with Gasteiger partial charge in [-0.3, -0.25) is 0 Å². The Hall–Kier alpha value is -0.446. The number of terminal acetylenes is 1. The molecule has 120 valence electrons. The smallest absolute Gasteiger partial charge is 0.136 e. The predicted molar refractivity (Wildman–Crippen MR) is 104 cm³/mol. The molecule has 0 heterocycles. The molecule has 0 aromatic rings. The van der Waals surface area contributed by atoms with Crippen molar-refractivity contribution < 1.29 is 0 Å². The van der Waals surface area contributed by atoms with Crippen LogP contribution in [0.4, 0.5) is 0 Å². The molecule has 0 spiro atoms.